The van der Waals surface area contributed by atoms with E-state index >= 15 is 0 Å². The minimum Gasteiger partial charge on any atom is -0.461 e. The Hall–Kier alpha value is -4.38. The summed E-state index contributed by atoms with van der Waals surface area (Å²) in [5.41, 5.74) is 1.54. The summed E-state index contributed by atoms with van der Waals surface area (Å²) in [4.78, 5) is 42.5. The van der Waals surface area contributed by atoms with Gasteiger partial charge in [0.05, 0.1) is 35.9 Å². The van der Waals surface area contributed by atoms with Gasteiger partial charge in [-0.3, -0.25) is 14.6 Å². The third-order valence-electron chi connectivity index (χ3n) is 4.46. The molecule has 3 heterocycles. The molecule has 0 unspecified atom stereocenters. The van der Waals surface area contributed by atoms with E-state index in [-0.39, 0.29) is 17.2 Å². The van der Waals surface area contributed by atoms with Crippen LogP contribution in [-0.4, -0.2) is 56.2 Å². The van der Waals surface area contributed by atoms with Crippen LogP contribution in [0.3, 0.4) is 0 Å². The molecular formula is C22H22N6O5. The molecule has 4 aromatic rings. The highest BCUT2D eigenvalue weighted by Crippen LogP contribution is 2.33. The van der Waals surface area contributed by atoms with Gasteiger partial charge in [0.2, 0.25) is 5.82 Å². The van der Waals surface area contributed by atoms with Crippen molar-refractivity contribution in [3.8, 4) is 11.5 Å². The van der Waals surface area contributed by atoms with Crippen LogP contribution in [0.15, 0.2) is 47.4 Å². The van der Waals surface area contributed by atoms with Gasteiger partial charge < -0.3 is 24.8 Å². The number of aromatic nitrogens is 4. The molecule has 0 aliphatic heterocycles. The monoisotopic (exact) mass is 450 g/mol. The Morgan fingerprint density at radius 3 is 2.33 bits per heavy atom. The SMILES string of the molecule is Cc1cnc(NC(=O)c2cc(Oc3cnc(C(=O)N(C)C)nc3)c3cc(C)oc3c2)cn1.O. The molecule has 0 atom stereocenters. The molecule has 4 rings (SSSR count). The molecule has 170 valence electrons. The average Bonchev–Trinajstić information content (AvgIpc) is 3.15. The van der Waals surface area contributed by atoms with Gasteiger partial charge in [-0.05, 0) is 32.0 Å². The molecular weight excluding hydrogens is 428 g/mol. The van der Waals surface area contributed by atoms with E-state index < -0.39 is 5.91 Å². The number of fused-ring (bicyclic) bond motifs is 1. The molecule has 0 saturated carbocycles. The van der Waals surface area contributed by atoms with Crippen LogP contribution in [0.2, 0.25) is 0 Å². The van der Waals surface area contributed by atoms with Gasteiger partial charge in [-0.2, -0.15) is 0 Å². The molecule has 2 amide bonds. The molecule has 3 aromatic heterocycles. The quantitative estimate of drug-likeness (QED) is 0.486. The summed E-state index contributed by atoms with van der Waals surface area (Å²) in [6.45, 7) is 3.61. The van der Waals surface area contributed by atoms with Crippen LogP contribution in [0.5, 0.6) is 11.5 Å². The standard InChI is InChI=1S/C22H20N6O4.H2O/c1-12-8-24-19(11-23-12)27-21(29)14-6-17-16(5-13(2)31-17)18(7-14)32-15-9-25-20(26-10-15)22(30)28(3)4;/h5-11H,1-4H3,(H,24,27,29);1H2. The number of ether oxygens (including phenoxy) is 1. The zero-order chi connectivity index (χ0) is 22.8. The van der Waals surface area contributed by atoms with Gasteiger partial charge in [0.25, 0.3) is 11.8 Å². The Labute approximate surface area is 188 Å². The Balaban J connectivity index is 0.00000306. The second kappa shape index (κ2) is 9.40. The first-order valence-electron chi connectivity index (χ1n) is 9.66. The van der Waals surface area contributed by atoms with Crippen LogP contribution in [0.4, 0.5) is 5.82 Å². The summed E-state index contributed by atoms with van der Waals surface area (Å²) in [5, 5.41) is 3.38. The molecule has 3 N–H and O–H groups in total. The first-order chi connectivity index (χ1) is 15.3. The number of anilines is 1. The van der Waals surface area contributed by atoms with E-state index in [0.717, 1.165) is 5.69 Å². The van der Waals surface area contributed by atoms with Crippen molar-refractivity contribution in [1.82, 2.24) is 24.8 Å². The van der Waals surface area contributed by atoms with E-state index in [1.54, 1.807) is 39.3 Å². The number of carbonyl (C=O) groups excluding carboxylic acids is 2. The number of carbonyl (C=O) groups is 2. The molecule has 0 radical (unpaired) electrons. The Bertz CT molecular complexity index is 1300. The number of nitrogens with zero attached hydrogens (tertiary/aromatic N) is 5. The van der Waals surface area contributed by atoms with Crippen LogP contribution >= 0.6 is 0 Å². The molecule has 0 aliphatic rings. The number of aryl methyl sites for hydroxylation is 2. The van der Waals surface area contributed by atoms with E-state index in [1.165, 1.54) is 23.5 Å². The highest BCUT2D eigenvalue weighted by atomic mass is 16.5. The molecule has 1 aromatic carbocycles. The van der Waals surface area contributed by atoms with Gasteiger partial charge >= 0.3 is 0 Å². The van der Waals surface area contributed by atoms with Crippen molar-refractivity contribution in [3.05, 3.63) is 65.8 Å². The lowest BCUT2D eigenvalue weighted by Crippen LogP contribution is -2.23. The molecule has 0 bridgehead atoms. The first-order valence-corrected chi connectivity index (χ1v) is 9.66. The lowest BCUT2D eigenvalue weighted by molar-refractivity contribution is 0.0815. The molecule has 0 aliphatic carbocycles. The maximum absolute atomic E-state index is 12.8. The molecule has 33 heavy (non-hydrogen) atoms. The lowest BCUT2D eigenvalue weighted by Gasteiger charge is -2.11. The Morgan fingerprint density at radius 1 is 0.970 bits per heavy atom. The first kappa shape index (κ1) is 23.3. The molecule has 0 fully saturated rings. The number of amides is 2. The fourth-order valence-corrected chi connectivity index (χ4v) is 2.90. The van der Waals surface area contributed by atoms with Crippen LogP contribution in [0.25, 0.3) is 11.0 Å². The zero-order valence-electron chi connectivity index (χ0n) is 18.4. The van der Waals surface area contributed by atoms with Crippen molar-refractivity contribution in [2.24, 2.45) is 0 Å². The number of rotatable bonds is 5. The molecule has 11 nitrogen and oxygen atoms in total. The van der Waals surface area contributed by atoms with Gasteiger partial charge in [-0.25, -0.2) is 15.0 Å². The van der Waals surface area contributed by atoms with Gasteiger partial charge in [0.1, 0.15) is 17.1 Å². The van der Waals surface area contributed by atoms with Crippen molar-refractivity contribution in [2.45, 2.75) is 13.8 Å². The van der Waals surface area contributed by atoms with Crippen molar-refractivity contribution >= 4 is 28.6 Å². The summed E-state index contributed by atoms with van der Waals surface area (Å²) in [5.74, 6) is 1.02. The molecule has 0 saturated heterocycles. The fraction of sp³-hybridized carbons (Fsp3) is 0.182. The summed E-state index contributed by atoms with van der Waals surface area (Å²) in [6.07, 6.45) is 5.84. The van der Waals surface area contributed by atoms with Crippen LogP contribution < -0.4 is 10.1 Å². The third-order valence-corrected chi connectivity index (χ3v) is 4.46. The molecule has 11 heteroatoms. The minimum absolute atomic E-state index is 0. The van der Waals surface area contributed by atoms with E-state index in [0.29, 0.717) is 39.6 Å². The average molecular weight is 450 g/mol. The van der Waals surface area contributed by atoms with E-state index in [9.17, 15) is 9.59 Å². The second-order valence-corrected chi connectivity index (χ2v) is 7.28. The van der Waals surface area contributed by atoms with Crippen LogP contribution in [0.1, 0.15) is 32.4 Å². The van der Waals surface area contributed by atoms with Gasteiger partial charge in [-0.15, -0.1) is 0 Å². The summed E-state index contributed by atoms with van der Waals surface area (Å²) < 4.78 is 11.6. The number of nitrogens with one attached hydrogen (secondary N) is 1. The topological polar surface area (TPSA) is 155 Å². The van der Waals surface area contributed by atoms with E-state index in [2.05, 4.69) is 25.3 Å². The van der Waals surface area contributed by atoms with Gasteiger partial charge in [-0.1, -0.05) is 0 Å². The van der Waals surface area contributed by atoms with E-state index in [4.69, 9.17) is 9.15 Å². The predicted molar refractivity (Wildman–Crippen MR) is 119 cm³/mol. The van der Waals surface area contributed by atoms with E-state index in [1.807, 2.05) is 13.0 Å². The predicted octanol–water partition coefficient (Wildman–Crippen LogP) is 2.55. The number of hydrogen-bond acceptors (Lipinski definition) is 8. The van der Waals surface area contributed by atoms with Crippen molar-refractivity contribution in [1.29, 1.82) is 0 Å². The largest absolute Gasteiger partial charge is 0.461 e. The fourth-order valence-electron chi connectivity index (χ4n) is 2.90. The zero-order valence-corrected chi connectivity index (χ0v) is 18.4. The summed E-state index contributed by atoms with van der Waals surface area (Å²) >= 11 is 0. The van der Waals surface area contributed by atoms with Crippen LogP contribution in [0, 0.1) is 13.8 Å². The van der Waals surface area contributed by atoms with Gasteiger partial charge in [0, 0.05) is 19.7 Å². The maximum Gasteiger partial charge on any atom is 0.291 e. The minimum atomic E-state index is -0.396. The second-order valence-electron chi connectivity index (χ2n) is 7.28. The normalized spacial score (nSPS) is 10.4. The van der Waals surface area contributed by atoms with Crippen molar-refractivity contribution in [2.75, 3.05) is 19.4 Å². The number of hydrogen-bond donors (Lipinski definition) is 1. The molecule has 0 spiro atoms. The third kappa shape index (κ3) is 5.10. The highest BCUT2D eigenvalue weighted by molar-refractivity contribution is 6.06. The number of furan rings is 1. The Morgan fingerprint density at radius 2 is 1.70 bits per heavy atom. The van der Waals surface area contributed by atoms with Crippen molar-refractivity contribution in [3.63, 3.8) is 0 Å². The maximum atomic E-state index is 12.8. The lowest BCUT2D eigenvalue weighted by atomic mass is 10.1. The summed E-state index contributed by atoms with van der Waals surface area (Å²) in [7, 11) is 3.24. The smallest absolute Gasteiger partial charge is 0.291 e. The summed E-state index contributed by atoms with van der Waals surface area (Å²) in [6, 6.07) is 5.03. The number of benzene rings is 1. The van der Waals surface area contributed by atoms with Gasteiger partial charge in [0.15, 0.2) is 11.6 Å². The van der Waals surface area contributed by atoms with Crippen LogP contribution in [-0.2, 0) is 0 Å². The van der Waals surface area contributed by atoms with Crippen molar-refractivity contribution < 1.29 is 24.2 Å². The highest BCUT2D eigenvalue weighted by Gasteiger charge is 2.17. The Kier molecular flexibility index (Phi) is 6.64.